The quantitative estimate of drug-likeness (QED) is 0.752. The molecule has 2 nitrogen and oxygen atoms in total. The molecule has 0 aromatic carbocycles. The maximum Gasteiger partial charge on any atom is 0.411 e. The zero-order valence-corrected chi connectivity index (χ0v) is 10.2. The van der Waals surface area contributed by atoms with Crippen LogP contribution in [0.2, 0.25) is 0 Å². The van der Waals surface area contributed by atoms with E-state index in [1.807, 2.05) is 0 Å². The Morgan fingerprint density at radius 1 is 1.39 bits per heavy atom. The maximum absolute atomic E-state index is 13.0. The van der Waals surface area contributed by atoms with Gasteiger partial charge in [-0.15, -0.1) is 0 Å². The van der Waals surface area contributed by atoms with Crippen LogP contribution >= 0.6 is 0 Å². The Balaban J connectivity index is 2.26. The number of ether oxygens (including phenoxy) is 1. The highest BCUT2D eigenvalue weighted by atomic mass is 19.4. The van der Waals surface area contributed by atoms with Crippen LogP contribution in [-0.2, 0) is 4.74 Å². The molecule has 2 atom stereocenters. The van der Waals surface area contributed by atoms with Crippen LogP contribution in [0.1, 0.15) is 25.7 Å². The van der Waals surface area contributed by atoms with Crippen molar-refractivity contribution in [1.82, 2.24) is 5.32 Å². The van der Waals surface area contributed by atoms with Gasteiger partial charge in [-0.1, -0.05) is 0 Å². The van der Waals surface area contributed by atoms with E-state index in [0.717, 1.165) is 0 Å². The van der Waals surface area contributed by atoms with Crippen LogP contribution in [0.25, 0.3) is 0 Å². The lowest BCUT2D eigenvalue weighted by Gasteiger charge is -2.20. The van der Waals surface area contributed by atoms with Gasteiger partial charge < -0.3 is 10.1 Å². The van der Waals surface area contributed by atoms with Crippen LogP contribution in [0.3, 0.4) is 0 Å². The maximum atomic E-state index is 13.0. The van der Waals surface area contributed by atoms with Gasteiger partial charge in [-0.25, -0.2) is 8.78 Å². The predicted molar refractivity (Wildman–Crippen MR) is 56.6 cm³/mol. The number of likely N-dealkylation sites (N-methyl/N-ethyl adjacent to an activating group) is 1. The van der Waals surface area contributed by atoms with Crippen molar-refractivity contribution >= 4 is 0 Å². The number of rotatable bonds is 6. The lowest BCUT2D eigenvalue weighted by Crippen LogP contribution is -2.34. The van der Waals surface area contributed by atoms with E-state index in [1.165, 1.54) is 0 Å². The largest absolute Gasteiger partial charge is 0.411 e. The molecule has 1 aliphatic rings. The van der Waals surface area contributed by atoms with Crippen molar-refractivity contribution in [2.75, 3.05) is 20.3 Å². The second-order valence-corrected chi connectivity index (χ2v) is 4.82. The van der Waals surface area contributed by atoms with Gasteiger partial charge in [-0.3, -0.25) is 0 Å². The molecule has 1 aliphatic carbocycles. The van der Waals surface area contributed by atoms with Gasteiger partial charge in [0.15, 0.2) is 0 Å². The molecule has 1 N–H and O–H groups in total. The van der Waals surface area contributed by atoms with E-state index in [0.29, 0.717) is 12.8 Å². The predicted octanol–water partition coefficient (Wildman–Crippen LogP) is 2.98. The summed E-state index contributed by atoms with van der Waals surface area (Å²) in [6, 6.07) is -0.314. The topological polar surface area (TPSA) is 21.3 Å². The lowest BCUT2D eigenvalue weighted by atomic mass is 9.98. The van der Waals surface area contributed by atoms with Gasteiger partial charge in [0, 0.05) is 18.9 Å². The van der Waals surface area contributed by atoms with Gasteiger partial charge in [0.25, 0.3) is 0 Å². The molecule has 2 unspecified atom stereocenters. The summed E-state index contributed by atoms with van der Waals surface area (Å²) in [6.07, 6.45) is -3.81. The van der Waals surface area contributed by atoms with Gasteiger partial charge in [-0.05, 0) is 25.8 Å². The molecule has 0 spiro atoms. The molecule has 1 saturated carbocycles. The molecule has 0 aromatic heterocycles. The summed E-state index contributed by atoms with van der Waals surface area (Å²) < 4.78 is 66.1. The van der Waals surface area contributed by atoms with Crippen LogP contribution in [0.4, 0.5) is 22.0 Å². The first-order valence-corrected chi connectivity index (χ1v) is 5.91. The van der Waals surface area contributed by atoms with E-state index in [9.17, 15) is 22.0 Å². The van der Waals surface area contributed by atoms with E-state index in [2.05, 4.69) is 10.1 Å². The van der Waals surface area contributed by atoms with E-state index in [4.69, 9.17) is 0 Å². The first-order valence-electron chi connectivity index (χ1n) is 5.91. The minimum Gasteiger partial charge on any atom is -0.370 e. The normalized spacial score (nSPS) is 25.3. The van der Waals surface area contributed by atoms with Crippen LogP contribution in [-0.4, -0.2) is 38.4 Å². The van der Waals surface area contributed by atoms with E-state index in [-0.39, 0.29) is 31.4 Å². The minimum atomic E-state index is -4.35. The Labute approximate surface area is 103 Å². The second-order valence-electron chi connectivity index (χ2n) is 4.82. The molecule has 0 aliphatic heterocycles. The molecule has 18 heavy (non-hydrogen) atoms. The van der Waals surface area contributed by atoms with Gasteiger partial charge >= 0.3 is 6.18 Å². The standard InChI is InChI=1S/C11H18F5NO/c1-17-9(6-18-7-11(14,15)16)4-8-2-3-10(12,13)5-8/h8-9,17H,2-7H2,1H3. The summed E-state index contributed by atoms with van der Waals surface area (Å²) >= 11 is 0. The fraction of sp³-hybridized carbons (Fsp3) is 1.00. The number of alkyl halides is 5. The molecule has 0 aromatic rings. The van der Waals surface area contributed by atoms with Gasteiger partial charge in [0.2, 0.25) is 5.92 Å². The molecule has 0 heterocycles. The van der Waals surface area contributed by atoms with Crippen molar-refractivity contribution in [3.63, 3.8) is 0 Å². The zero-order chi connectivity index (χ0) is 13.8. The molecule has 1 fully saturated rings. The van der Waals surface area contributed by atoms with Crippen molar-refractivity contribution in [3.05, 3.63) is 0 Å². The smallest absolute Gasteiger partial charge is 0.370 e. The highest BCUT2D eigenvalue weighted by molar-refractivity contribution is 4.84. The van der Waals surface area contributed by atoms with Crippen LogP contribution in [0.15, 0.2) is 0 Å². The molecule has 7 heteroatoms. The summed E-state index contributed by atoms with van der Waals surface area (Å²) in [5, 5.41) is 2.81. The molecular weight excluding hydrogens is 257 g/mol. The lowest BCUT2D eigenvalue weighted by molar-refractivity contribution is -0.175. The average Bonchev–Trinajstić information content (AvgIpc) is 2.55. The number of halogens is 5. The summed E-state index contributed by atoms with van der Waals surface area (Å²) in [5.74, 6) is -2.76. The van der Waals surface area contributed by atoms with Crippen LogP contribution in [0, 0.1) is 5.92 Å². The Bertz CT molecular complexity index is 256. The van der Waals surface area contributed by atoms with E-state index < -0.39 is 18.7 Å². The number of nitrogens with one attached hydrogen (secondary N) is 1. The molecule has 0 bridgehead atoms. The SMILES string of the molecule is CNC(COCC(F)(F)F)CC1CCC(F)(F)C1. The third kappa shape index (κ3) is 5.95. The van der Waals surface area contributed by atoms with E-state index >= 15 is 0 Å². The Kier molecular flexibility index (Phi) is 5.33. The fourth-order valence-electron chi connectivity index (χ4n) is 2.23. The zero-order valence-electron chi connectivity index (χ0n) is 10.2. The summed E-state index contributed by atoms with van der Waals surface area (Å²) in [5.41, 5.74) is 0. The van der Waals surface area contributed by atoms with Crippen molar-refractivity contribution in [2.45, 2.75) is 43.8 Å². The van der Waals surface area contributed by atoms with Crippen molar-refractivity contribution < 1.29 is 26.7 Å². The second kappa shape index (κ2) is 6.14. The summed E-state index contributed by atoms with van der Waals surface area (Å²) in [6.45, 7) is -1.41. The first-order chi connectivity index (χ1) is 8.22. The Morgan fingerprint density at radius 3 is 2.50 bits per heavy atom. The van der Waals surface area contributed by atoms with Crippen molar-refractivity contribution in [1.29, 1.82) is 0 Å². The third-order valence-electron chi connectivity index (χ3n) is 3.12. The minimum absolute atomic E-state index is 0.113. The van der Waals surface area contributed by atoms with Gasteiger partial charge in [0.1, 0.15) is 6.61 Å². The first kappa shape index (κ1) is 15.6. The highest BCUT2D eigenvalue weighted by Crippen LogP contribution is 2.40. The summed E-state index contributed by atoms with van der Waals surface area (Å²) in [7, 11) is 1.59. The third-order valence-corrected chi connectivity index (χ3v) is 3.12. The number of hydrogen-bond donors (Lipinski definition) is 1. The monoisotopic (exact) mass is 275 g/mol. The van der Waals surface area contributed by atoms with Crippen LogP contribution < -0.4 is 5.32 Å². The van der Waals surface area contributed by atoms with E-state index in [1.54, 1.807) is 7.05 Å². The molecule has 0 saturated heterocycles. The molecule has 1 rings (SSSR count). The number of hydrogen-bond acceptors (Lipinski definition) is 2. The van der Waals surface area contributed by atoms with Gasteiger partial charge in [0.05, 0.1) is 6.61 Å². The highest BCUT2D eigenvalue weighted by Gasteiger charge is 2.39. The van der Waals surface area contributed by atoms with Crippen molar-refractivity contribution in [3.8, 4) is 0 Å². The Morgan fingerprint density at radius 2 is 2.06 bits per heavy atom. The van der Waals surface area contributed by atoms with Crippen LogP contribution in [0.5, 0.6) is 0 Å². The van der Waals surface area contributed by atoms with Gasteiger partial charge in [-0.2, -0.15) is 13.2 Å². The average molecular weight is 275 g/mol. The fourth-order valence-corrected chi connectivity index (χ4v) is 2.23. The molecule has 0 radical (unpaired) electrons. The van der Waals surface area contributed by atoms with Crippen molar-refractivity contribution in [2.24, 2.45) is 5.92 Å². The molecule has 108 valence electrons. The molecular formula is C11H18F5NO. The molecule has 0 amide bonds. The Hall–Kier alpha value is -0.430. The summed E-state index contributed by atoms with van der Waals surface area (Å²) in [4.78, 5) is 0.